The number of aliphatic hydroxyl groups excluding tert-OH is 1. The third kappa shape index (κ3) is 5.68. The molecule has 0 saturated carbocycles. The predicted molar refractivity (Wildman–Crippen MR) is 82.0 cm³/mol. The molecule has 0 radical (unpaired) electrons. The molecule has 120 valence electrons. The van der Waals surface area contributed by atoms with Gasteiger partial charge in [0.2, 0.25) is 11.9 Å². The Morgan fingerprint density at radius 3 is 2.43 bits per heavy atom. The fraction of sp³-hybridized carbons (Fsp3) is 0.769. The van der Waals surface area contributed by atoms with Gasteiger partial charge >= 0.3 is 6.01 Å². The summed E-state index contributed by atoms with van der Waals surface area (Å²) in [5, 5.41) is 12.4. The normalized spacial score (nSPS) is 12.9. The monoisotopic (exact) mass is 298 g/mol. The summed E-state index contributed by atoms with van der Waals surface area (Å²) >= 11 is 0. The van der Waals surface area contributed by atoms with Crippen LogP contribution in [-0.2, 0) is 0 Å². The smallest absolute Gasteiger partial charge is 0.323 e. The molecular formula is C13H26N6O2. The molecule has 0 amide bonds. The van der Waals surface area contributed by atoms with E-state index >= 15 is 0 Å². The lowest BCUT2D eigenvalue weighted by molar-refractivity contribution is 0.234. The maximum absolute atomic E-state index is 9.20. The zero-order valence-electron chi connectivity index (χ0n) is 13.2. The van der Waals surface area contributed by atoms with Gasteiger partial charge in [-0.25, -0.2) is 5.84 Å². The number of aliphatic hydroxyl groups is 1. The number of nitrogen functional groups attached to an aromatic ring is 1. The molecule has 5 N–H and O–H groups in total. The van der Waals surface area contributed by atoms with Crippen molar-refractivity contribution in [1.29, 1.82) is 0 Å². The standard InChI is InChI=1S/C13H26N6O2/c1-5-8-21-12-17-10(16-11(18-12)19-14)15-9(6-7-20)13(2,3)4/h9,20H,5-8,14H2,1-4H3,(H2,15,16,17,18,19). The fourth-order valence-electron chi connectivity index (χ4n) is 1.75. The van der Waals surface area contributed by atoms with E-state index in [1.54, 1.807) is 0 Å². The first-order valence-corrected chi connectivity index (χ1v) is 7.13. The largest absolute Gasteiger partial charge is 0.463 e. The molecule has 0 aliphatic heterocycles. The van der Waals surface area contributed by atoms with E-state index < -0.39 is 0 Å². The number of hydrogen-bond donors (Lipinski definition) is 4. The minimum atomic E-state index is -0.0594. The van der Waals surface area contributed by atoms with Crippen molar-refractivity contribution in [2.75, 3.05) is 24.0 Å². The van der Waals surface area contributed by atoms with Crippen LogP contribution in [0, 0.1) is 5.41 Å². The van der Waals surface area contributed by atoms with Gasteiger partial charge in [-0.1, -0.05) is 27.7 Å². The lowest BCUT2D eigenvalue weighted by Gasteiger charge is -2.31. The van der Waals surface area contributed by atoms with Gasteiger partial charge in [0.25, 0.3) is 0 Å². The molecule has 1 aromatic rings. The minimum Gasteiger partial charge on any atom is -0.463 e. The van der Waals surface area contributed by atoms with Crippen LogP contribution in [0.25, 0.3) is 0 Å². The molecule has 21 heavy (non-hydrogen) atoms. The topological polar surface area (TPSA) is 118 Å². The van der Waals surface area contributed by atoms with E-state index in [1.165, 1.54) is 0 Å². The second-order valence-electron chi connectivity index (χ2n) is 5.83. The van der Waals surface area contributed by atoms with Crippen molar-refractivity contribution in [2.24, 2.45) is 11.3 Å². The van der Waals surface area contributed by atoms with Crippen molar-refractivity contribution in [2.45, 2.75) is 46.6 Å². The molecule has 1 heterocycles. The van der Waals surface area contributed by atoms with Crippen LogP contribution in [-0.4, -0.2) is 39.3 Å². The molecule has 1 unspecified atom stereocenters. The lowest BCUT2D eigenvalue weighted by atomic mass is 9.85. The van der Waals surface area contributed by atoms with Gasteiger partial charge < -0.3 is 15.2 Å². The van der Waals surface area contributed by atoms with Gasteiger partial charge in [-0.2, -0.15) is 15.0 Å². The van der Waals surface area contributed by atoms with Crippen molar-refractivity contribution in [3.8, 4) is 6.01 Å². The molecule has 8 heteroatoms. The molecule has 0 fully saturated rings. The summed E-state index contributed by atoms with van der Waals surface area (Å²) in [6.07, 6.45) is 1.45. The van der Waals surface area contributed by atoms with Crippen LogP contribution in [0.2, 0.25) is 0 Å². The van der Waals surface area contributed by atoms with Crippen molar-refractivity contribution < 1.29 is 9.84 Å². The number of nitrogens with one attached hydrogen (secondary N) is 2. The summed E-state index contributed by atoms with van der Waals surface area (Å²) in [5.41, 5.74) is 2.34. The van der Waals surface area contributed by atoms with Crippen LogP contribution >= 0.6 is 0 Å². The molecule has 1 aromatic heterocycles. The summed E-state index contributed by atoms with van der Waals surface area (Å²) in [4.78, 5) is 12.4. The number of hydrogen-bond acceptors (Lipinski definition) is 8. The third-order valence-corrected chi connectivity index (χ3v) is 2.95. The van der Waals surface area contributed by atoms with Crippen LogP contribution in [0.1, 0.15) is 40.5 Å². The van der Waals surface area contributed by atoms with Gasteiger partial charge in [-0.15, -0.1) is 0 Å². The van der Waals surface area contributed by atoms with Gasteiger partial charge in [0.15, 0.2) is 0 Å². The number of nitrogens with zero attached hydrogens (tertiary/aromatic N) is 3. The summed E-state index contributed by atoms with van der Waals surface area (Å²) < 4.78 is 5.42. The number of anilines is 2. The zero-order valence-corrected chi connectivity index (χ0v) is 13.2. The van der Waals surface area contributed by atoms with E-state index in [4.69, 9.17) is 10.6 Å². The first-order chi connectivity index (χ1) is 9.90. The van der Waals surface area contributed by atoms with Crippen LogP contribution < -0.4 is 21.3 Å². The maximum atomic E-state index is 9.20. The Labute approximate surface area is 125 Å². The molecule has 0 bridgehead atoms. The van der Waals surface area contributed by atoms with Crippen molar-refractivity contribution in [1.82, 2.24) is 15.0 Å². The van der Waals surface area contributed by atoms with E-state index in [9.17, 15) is 5.11 Å². The minimum absolute atomic E-state index is 0.00884. The highest BCUT2D eigenvalue weighted by Crippen LogP contribution is 2.25. The van der Waals surface area contributed by atoms with Gasteiger partial charge in [0.05, 0.1) is 6.61 Å². The Hall–Kier alpha value is -1.67. The van der Waals surface area contributed by atoms with Crippen molar-refractivity contribution in [3.63, 3.8) is 0 Å². The zero-order chi connectivity index (χ0) is 15.9. The Kier molecular flexibility index (Phi) is 6.57. The van der Waals surface area contributed by atoms with Gasteiger partial charge in [0, 0.05) is 12.6 Å². The molecule has 0 spiro atoms. The second kappa shape index (κ2) is 7.94. The SMILES string of the molecule is CCCOc1nc(NN)nc(NC(CCO)C(C)(C)C)n1. The first-order valence-electron chi connectivity index (χ1n) is 7.13. The van der Waals surface area contributed by atoms with Crippen LogP contribution in [0.5, 0.6) is 6.01 Å². The fourth-order valence-corrected chi connectivity index (χ4v) is 1.75. The highest BCUT2D eigenvalue weighted by Gasteiger charge is 2.25. The Morgan fingerprint density at radius 1 is 1.24 bits per heavy atom. The Bertz CT molecular complexity index is 435. The van der Waals surface area contributed by atoms with Crippen LogP contribution in [0.4, 0.5) is 11.9 Å². The summed E-state index contributed by atoms with van der Waals surface area (Å²) in [6, 6.07) is 0.230. The van der Waals surface area contributed by atoms with Gasteiger partial charge in [-0.05, 0) is 18.3 Å². The molecule has 1 atom stereocenters. The second-order valence-corrected chi connectivity index (χ2v) is 5.83. The molecule has 0 aliphatic carbocycles. The van der Waals surface area contributed by atoms with E-state index in [0.717, 1.165) is 6.42 Å². The lowest BCUT2D eigenvalue weighted by Crippen LogP contribution is -2.35. The van der Waals surface area contributed by atoms with Gasteiger partial charge in [0.1, 0.15) is 0 Å². The number of ether oxygens (including phenoxy) is 1. The summed E-state index contributed by atoms with van der Waals surface area (Å²) in [5.74, 6) is 5.97. The Balaban J connectivity index is 2.93. The number of hydrazine groups is 1. The average molecular weight is 298 g/mol. The summed E-state index contributed by atoms with van der Waals surface area (Å²) in [6.45, 7) is 8.85. The molecule has 0 saturated heterocycles. The van der Waals surface area contributed by atoms with E-state index in [0.29, 0.717) is 19.0 Å². The molecular weight excluding hydrogens is 272 g/mol. The Morgan fingerprint density at radius 2 is 1.90 bits per heavy atom. The summed E-state index contributed by atoms with van der Waals surface area (Å²) in [7, 11) is 0. The number of nitrogens with two attached hydrogens (primary N) is 1. The van der Waals surface area contributed by atoms with Crippen LogP contribution in [0.15, 0.2) is 0 Å². The average Bonchev–Trinajstić information content (AvgIpc) is 2.43. The van der Waals surface area contributed by atoms with Crippen molar-refractivity contribution in [3.05, 3.63) is 0 Å². The quantitative estimate of drug-likeness (QED) is 0.417. The van der Waals surface area contributed by atoms with E-state index in [-0.39, 0.29) is 30.0 Å². The van der Waals surface area contributed by atoms with E-state index in [1.807, 2.05) is 6.92 Å². The van der Waals surface area contributed by atoms with Crippen molar-refractivity contribution >= 4 is 11.9 Å². The predicted octanol–water partition coefficient (Wildman–Crippen LogP) is 1.15. The number of aromatic nitrogens is 3. The third-order valence-electron chi connectivity index (χ3n) is 2.95. The first kappa shape index (κ1) is 17.4. The van der Waals surface area contributed by atoms with Gasteiger partial charge in [-0.3, -0.25) is 5.43 Å². The molecule has 1 rings (SSSR count). The molecule has 0 aliphatic rings. The molecule has 8 nitrogen and oxygen atoms in total. The number of rotatable bonds is 8. The highest BCUT2D eigenvalue weighted by atomic mass is 16.5. The van der Waals surface area contributed by atoms with E-state index in [2.05, 4.69) is 46.5 Å². The highest BCUT2D eigenvalue weighted by molar-refractivity contribution is 5.36. The molecule has 0 aromatic carbocycles. The van der Waals surface area contributed by atoms with Crippen LogP contribution in [0.3, 0.4) is 0 Å². The maximum Gasteiger partial charge on any atom is 0.323 e.